The van der Waals surface area contributed by atoms with E-state index >= 15 is 0 Å². The van der Waals surface area contributed by atoms with Gasteiger partial charge >= 0.3 is 29.9 Å². The molecule has 3 atom stereocenters. The average Bonchev–Trinajstić information content (AvgIpc) is 3.61. The van der Waals surface area contributed by atoms with Crippen LogP contribution in [0.3, 0.4) is 0 Å². The van der Waals surface area contributed by atoms with Crippen molar-refractivity contribution in [3.63, 3.8) is 0 Å². The summed E-state index contributed by atoms with van der Waals surface area (Å²) in [5.41, 5.74) is 0.131. The number of carboxylic acids is 3. The van der Waals surface area contributed by atoms with Crippen LogP contribution in [0.15, 0.2) is 30.4 Å². The Morgan fingerprint density at radius 1 is 1.15 bits per heavy atom. The van der Waals surface area contributed by atoms with E-state index in [1.165, 1.54) is 6.92 Å². The highest BCUT2D eigenvalue weighted by molar-refractivity contribution is 5.97. The quantitative estimate of drug-likeness (QED) is 0.0803. The number of anilines is 1. The Morgan fingerprint density at radius 2 is 1.85 bits per heavy atom. The Morgan fingerprint density at radius 3 is 2.44 bits per heavy atom. The molecule has 1 aliphatic carbocycles. The lowest BCUT2D eigenvalue weighted by Gasteiger charge is -2.19. The second kappa shape index (κ2) is 14.7. The number of nitrogens with one attached hydrogen (secondary N) is 4. The van der Waals surface area contributed by atoms with Crippen LogP contribution in [-0.4, -0.2) is 75.8 Å². The first kappa shape index (κ1) is 32.6. The summed E-state index contributed by atoms with van der Waals surface area (Å²) >= 11 is 0. The smallest absolute Gasteiger partial charge is 0.333 e. The van der Waals surface area contributed by atoms with Gasteiger partial charge in [-0.15, -0.1) is 0 Å². The molecule has 1 saturated carbocycles. The number of aliphatic carboxylic acids is 3. The summed E-state index contributed by atoms with van der Waals surface area (Å²) in [6.07, 6.45) is -0.0147. The van der Waals surface area contributed by atoms with E-state index in [0.29, 0.717) is 36.2 Å². The number of hydrogen-bond donors (Lipinski definition) is 7. The minimum atomic E-state index is -1.59. The van der Waals surface area contributed by atoms with Crippen molar-refractivity contribution in [1.29, 1.82) is 0 Å². The van der Waals surface area contributed by atoms with Gasteiger partial charge in [0.1, 0.15) is 18.2 Å². The average molecular weight is 577 g/mol. The Hall–Kier alpha value is -4.62. The standard InChI is InChI=1S/C27H36N4O10/c1-4-28-18-8-7-16(14-41-24(37)15(2)3)19(12-18)22(34)29-11-5-6-17-13-27(17,25(38)39)31-26(40)30-20(23(35)36)9-10-21(32)33/h7-8,12,17,20,28H,2,4-6,9-11,13-14H2,1,3H3,(H,29,34)(H,32,33)(H,35,36)(H,38,39)(H2,30,31,40)/t17?,20-,27?/m0/s1. The van der Waals surface area contributed by atoms with E-state index in [1.54, 1.807) is 18.2 Å². The zero-order chi connectivity index (χ0) is 30.7. The van der Waals surface area contributed by atoms with Crippen LogP contribution in [0, 0.1) is 5.92 Å². The number of hydrogen-bond acceptors (Lipinski definition) is 8. The predicted molar refractivity (Wildman–Crippen MR) is 145 cm³/mol. The van der Waals surface area contributed by atoms with Gasteiger partial charge in [0, 0.05) is 41.9 Å². The molecule has 14 nitrogen and oxygen atoms in total. The third kappa shape index (κ3) is 9.51. The van der Waals surface area contributed by atoms with Crippen LogP contribution < -0.4 is 21.3 Å². The van der Waals surface area contributed by atoms with E-state index in [1.807, 2.05) is 6.92 Å². The van der Waals surface area contributed by atoms with E-state index in [-0.39, 0.29) is 31.6 Å². The van der Waals surface area contributed by atoms with Crippen molar-refractivity contribution in [2.45, 2.75) is 64.1 Å². The van der Waals surface area contributed by atoms with E-state index < -0.39 is 59.7 Å². The molecular formula is C27H36N4O10. The van der Waals surface area contributed by atoms with E-state index in [9.17, 15) is 39.0 Å². The number of rotatable bonds is 17. The molecule has 41 heavy (non-hydrogen) atoms. The fourth-order valence-corrected chi connectivity index (χ4v) is 4.21. The Kier molecular flexibility index (Phi) is 11.7. The lowest BCUT2D eigenvalue weighted by molar-refractivity contribution is -0.141. The van der Waals surface area contributed by atoms with Crippen molar-refractivity contribution in [2.24, 2.45) is 5.92 Å². The number of carbonyl (C=O) groups is 6. The summed E-state index contributed by atoms with van der Waals surface area (Å²) in [5, 5.41) is 38.0. The minimum absolute atomic E-state index is 0.111. The maximum atomic E-state index is 13.0. The third-order valence-electron chi connectivity index (χ3n) is 6.53. The van der Waals surface area contributed by atoms with Gasteiger partial charge < -0.3 is 41.3 Å². The van der Waals surface area contributed by atoms with E-state index in [2.05, 4.69) is 27.8 Å². The normalized spacial score (nSPS) is 17.9. The summed E-state index contributed by atoms with van der Waals surface area (Å²) < 4.78 is 5.19. The third-order valence-corrected chi connectivity index (χ3v) is 6.53. The van der Waals surface area contributed by atoms with Crippen LogP contribution >= 0.6 is 0 Å². The fourth-order valence-electron chi connectivity index (χ4n) is 4.21. The van der Waals surface area contributed by atoms with Gasteiger partial charge in [0.15, 0.2) is 0 Å². The number of urea groups is 1. The molecule has 2 unspecified atom stereocenters. The summed E-state index contributed by atoms with van der Waals surface area (Å²) in [6, 6.07) is 2.56. The fraction of sp³-hybridized carbons (Fsp3) is 0.481. The van der Waals surface area contributed by atoms with Gasteiger partial charge in [-0.3, -0.25) is 9.59 Å². The first-order chi connectivity index (χ1) is 19.3. The number of amides is 3. The minimum Gasteiger partial charge on any atom is -0.481 e. The van der Waals surface area contributed by atoms with Crippen LogP contribution in [0.1, 0.15) is 61.9 Å². The van der Waals surface area contributed by atoms with Gasteiger partial charge in [-0.2, -0.15) is 0 Å². The highest BCUT2D eigenvalue weighted by Gasteiger charge is 2.61. The molecule has 3 amide bonds. The SMILES string of the molecule is C=C(C)C(=O)OCc1ccc(NCC)cc1C(=O)NCCCC1CC1(NC(=O)N[C@@H](CCC(=O)O)C(=O)O)C(=O)O. The summed E-state index contributed by atoms with van der Waals surface area (Å²) in [6.45, 7) is 7.65. The Bertz CT molecular complexity index is 1200. The van der Waals surface area contributed by atoms with Crippen molar-refractivity contribution in [1.82, 2.24) is 16.0 Å². The Balaban J connectivity index is 1.94. The molecule has 0 heterocycles. The first-order valence-electron chi connectivity index (χ1n) is 13.0. The molecular weight excluding hydrogens is 540 g/mol. The lowest BCUT2D eigenvalue weighted by Crippen LogP contribution is -2.53. The number of benzene rings is 1. The molecule has 224 valence electrons. The summed E-state index contributed by atoms with van der Waals surface area (Å²) in [7, 11) is 0. The van der Waals surface area contributed by atoms with Gasteiger partial charge in [0.05, 0.1) is 0 Å². The number of ether oxygens (including phenoxy) is 1. The van der Waals surface area contributed by atoms with Crippen molar-refractivity contribution in [3.05, 3.63) is 41.5 Å². The lowest BCUT2D eigenvalue weighted by atomic mass is 10.1. The Labute approximate surface area is 236 Å². The van der Waals surface area contributed by atoms with E-state index in [4.69, 9.17) is 9.84 Å². The molecule has 0 aliphatic heterocycles. The zero-order valence-corrected chi connectivity index (χ0v) is 23.0. The molecule has 2 rings (SSSR count). The van der Waals surface area contributed by atoms with Gasteiger partial charge in [0.25, 0.3) is 5.91 Å². The van der Waals surface area contributed by atoms with Crippen LogP contribution in [-0.2, 0) is 30.5 Å². The molecule has 0 aromatic heterocycles. The molecule has 1 aromatic rings. The summed E-state index contributed by atoms with van der Waals surface area (Å²) in [4.78, 5) is 71.0. The zero-order valence-electron chi connectivity index (χ0n) is 23.0. The van der Waals surface area contributed by atoms with Crippen LogP contribution in [0.5, 0.6) is 0 Å². The molecule has 1 aliphatic rings. The largest absolute Gasteiger partial charge is 0.481 e. The molecule has 1 fully saturated rings. The number of esters is 1. The van der Waals surface area contributed by atoms with Crippen LogP contribution in [0.25, 0.3) is 0 Å². The number of carboxylic acid groups (broad SMARTS) is 3. The summed E-state index contributed by atoms with van der Waals surface area (Å²) in [5.74, 6) is -5.42. The van der Waals surface area contributed by atoms with Crippen molar-refractivity contribution in [2.75, 3.05) is 18.4 Å². The molecule has 0 bridgehead atoms. The molecule has 7 N–H and O–H groups in total. The maximum absolute atomic E-state index is 13.0. The van der Waals surface area contributed by atoms with E-state index in [0.717, 1.165) is 0 Å². The topological polar surface area (TPSA) is 220 Å². The maximum Gasteiger partial charge on any atom is 0.333 e. The van der Waals surface area contributed by atoms with Gasteiger partial charge in [-0.25, -0.2) is 19.2 Å². The van der Waals surface area contributed by atoms with Gasteiger partial charge in [-0.1, -0.05) is 12.6 Å². The molecule has 14 heteroatoms. The van der Waals surface area contributed by atoms with Gasteiger partial charge in [-0.05, 0) is 57.6 Å². The highest BCUT2D eigenvalue weighted by Crippen LogP contribution is 2.46. The van der Waals surface area contributed by atoms with Crippen LogP contribution in [0.4, 0.5) is 10.5 Å². The molecule has 0 saturated heterocycles. The molecule has 0 spiro atoms. The van der Waals surface area contributed by atoms with Gasteiger partial charge in [0.2, 0.25) is 0 Å². The monoisotopic (exact) mass is 576 g/mol. The molecule has 1 aromatic carbocycles. The first-order valence-corrected chi connectivity index (χ1v) is 13.0. The molecule has 0 radical (unpaired) electrons. The van der Waals surface area contributed by atoms with Crippen molar-refractivity contribution < 1.29 is 48.8 Å². The van der Waals surface area contributed by atoms with Crippen molar-refractivity contribution >= 4 is 41.5 Å². The second-order valence-corrected chi connectivity index (χ2v) is 9.76. The number of carbonyl (C=O) groups excluding carboxylic acids is 3. The van der Waals surface area contributed by atoms with Crippen molar-refractivity contribution in [3.8, 4) is 0 Å². The highest BCUT2D eigenvalue weighted by atomic mass is 16.5. The predicted octanol–water partition coefficient (Wildman–Crippen LogP) is 1.71. The van der Waals surface area contributed by atoms with Crippen LogP contribution in [0.2, 0.25) is 0 Å². The second-order valence-electron chi connectivity index (χ2n) is 9.76.